The van der Waals surface area contributed by atoms with Crippen molar-refractivity contribution >= 4 is 6.29 Å². The maximum Gasteiger partial charge on any atom is 0.123 e. The molecular formula is C10H12O3. The molecule has 3 nitrogen and oxygen atoms in total. The fraction of sp³-hybridized carbons (Fsp3) is 0.300. The third-order valence-electron chi connectivity index (χ3n) is 1.97. The van der Waals surface area contributed by atoms with Crippen molar-refractivity contribution in [3.63, 3.8) is 0 Å². The summed E-state index contributed by atoms with van der Waals surface area (Å²) >= 11 is 0. The van der Waals surface area contributed by atoms with Crippen LogP contribution >= 0.6 is 0 Å². The summed E-state index contributed by atoms with van der Waals surface area (Å²) in [4.78, 5) is 10.3. The Morgan fingerprint density at radius 3 is 2.62 bits per heavy atom. The lowest BCUT2D eigenvalue weighted by Gasteiger charge is -2.21. The first kappa shape index (κ1) is 9.74. The van der Waals surface area contributed by atoms with Crippen molar-refractivity contribution in [2.24, 2.45) is 0 Å². The summed E-state index contributed by atoms with van der Waals surface area (Å²) in [5.41, 5.74) is -0.908. The number of hydrogen-bond donors (Lipinski definition) is 2. The molecule has 13 heavy (non-hydrogen) atoms. The highest BCUT2D eigenvalue weighted by Crippen LogP contribution is 2.30. The van der Waals surface area contributed by atoms with Crippen LogP contribution in [-0.4, -0.2) is 16.5 Å². The summed E-state index contributed by atoms with van der Waals surface area (Å²) in [5, 5.41) is 19.2. The van der Waals surface area contributed by atoms with Crippen molar-refractivity contribution in [2.75, 3.05) is 0 Å². The number of carbonyl (C=O) groups excluding carboxylic acids is 1. The summed E-state index contributed by atoms with van der Waals surface area (Å²) in [5.74, 6) is 0.00866. The first-order valence-electron chi connectivity index (χ1n) is 4.02. The molecule has 0 aromatic heterocycles. The van der Waals surface area contributed by atoms with E-state index in [1.807, 2.05) is 0 Å². The van der Waals surface area contributed by atoms with Crippen LogP contribution in [0, 0.1) is 0 Å². The van der Waals surface area contributed by atoms with Gasteiger partial charge in [0.1, 0.15) is 12.0 Å². The molecule has 0 spiro atoms. The molecule has 2 N–H and O–H groups in total. The van der Waals surface area contributed by atoms with Gasteiger partial charge in [0.05, 0.1) is 5.60 Å². The average molecular weight is 180 g/mol. The van der Waals surface area contributed by atoms with E-state index in [1.54, 1.807) is 18.2 Å². The zero-order valence-corrected chi connectivity index (χ0v) is 7.40. The van der Waals surface area contributed by atoms with Gasteiger partial charge in [-0.3, -0.25) is 0 Å². The first-order chi connectivity index (χ1) is 6.08. The minimum atomic E-state index is -1.28. The SMILES string of the molecule is CC(O)(CC=O)c1ccccc1O. The molecule has 0 aliphatic rings. The van der Waals surface area contributed by atoms with Gasteiger partial charge in [0.15, 0.2) is 0 Å². The van der Waals surface area contributed by atoms with E-state index >= 15 is 0 Å². The van der Waals surface area contributed by atoms with Gasteiger partial charge in [0, 0.05) is 12.0 Å². The van der Waals surface area contributed by atoms with Crippen molar-refractivity contribution in [1.29, 1.82) is 0 Å². The molecule has 0 amide bonds. The molecule has 0 heterocycles. The van der Waals surface area contributed by atoms with E-state index in [0.29, 0.717) is 11.8 Å². The third-order valence-corrected chi connectivity index (χ3v) is 1.97. The zero-order valence-electron chi connectivity index (χ0n) is 7.40. The van der Waals surface area contributed by atoms with Gasteiger partial charge in [-0.15, -0.1) is 0 Å². The summed E-state index contributed by atoms with van der Waals surface area (Å²) < 4.78 is 0. The second kappa shape index (κ2) is 3.58. The number of benzene rings is 1. The Labute approximate surface area is 76.6 Å². The van der Waals surface area contributed by atoms with Crippen LogP contribution in [0.15, 0.2) is 24.3 Å². The van der Waals surface area contributed by atoms with E-state index in [-0.39, 0.29) is 12.2 Å². The van der Waals surface area contributed by atoms with Crippen LogP contribution in [0.5, 0.6) is 5.75 Å². The van der Waals surface area contributed by atoms with Gasteiger partial charge in [-0.1, -0.05) is 18.2 Å². The maximum atomic E-state index is 10.3. The first-order valence-corrected chi connectivity index (χ1v) is 4.02. The van der Waals surface area contributed by atoms with E-state index in [1.165, 1.54) is 13.0 Å². The quantitative estimate of drug-likeness (QED) is 0.687. The van der Waals surface area contributed by atoms with Crippen LogP contribution < -0.4 is 0 Å². The highest BCUT2D eigenvalue weighted by atomic mass is 16.3. The molecule has 0 fully saturated rings. The minimum absolute atomic E-state index is 0.00866. The topological polar surface area (TPSA) is 57.5 Å². The highest BCUT2D eigenvalue weighted by molar-refractivity contribution is 5.53. The van der Waals surface area contributed by atoms with Gasteiger partial charge in [0.25, 0.3) is 0 Å². The normalized spacial score (nSPS) is 14.9. The fourth-order valence-electron chi connectivity index (χ4n) is 1.20. The Morgan fingerprint density at radius 1 is 1.46 bits per heavy atom. The molecule has 1 atom stereocenters. The van der Waals surface area contributed by atoms with Crippen LogP contribution in [0.2, 0.25) is 0 Å². The van der Waals surface area contributed by atoms with E-state index in [2.05, 4.69) is 0 Å². The fourth-order valence-corrected chi connectivity index (χ4v) is 1.20. The van der Waals surface area contributed by atoms with Gasteiger partial charge in [-0.25, -0.2) is 0 Å². The number of phenols is 1. The van der Waals surface area contributed by atoms with Crippen molar-refractivity contribution in [2.45, 2.75) is 18.9 Å². The molecule has 0 aliphatic heterocycles. The molecule has 0 saturated heterocycles. The largest absolute Gasteiger partial charge is 0.508 e. The summed E-state index contributed by atoms with van der Waals surface area (Å²) in [6, 6.07) is 6.44. The molecule has 1 aromatic carbocycles. The van der Waals surface area contributed by atoms with Crippen LogP contribution in [0.25, 0.3) is 0 Å². The van der Waals surface area contributed by atoms with Crippen molar-refractivity contribution in [3.05, 3.63) is 29.8 Å². The second-order valence-electron chi connectivity index (χ2n) is 3.16. The number of aliphatic hydroxyl groups is 1. The monoisotopic (exact) mass is 180 g/mol. The van der Waals surface area contributed by atoms with Gasteiger partial charge >= 0.3 is 0 Å². The molecule has 0 radical (unpaired) electrons. The number of rotatable bonds is 3. The average Bonchev–Trinajstić information content (AvgIpc) is 2.04. The Morgan fingerprint density at radius 2 is 2.08 bits per heavy atom. The van der Waals surface area contributed by atoms with Gasteiger partial charge in [-0.05, 0) is 13.0 Å². The molecule has 3 heteroatoms. The Bertz CT molecular complexity index is 305. The zero-order chi connectivity index (χ0) is 9.90. The summed E-state index contributed by atoms with van der Waals surface area (Å²) in [7, 11) is 0. The molecule has 1 unspecified atom stereocenters. The number of phenolic OH excluding ortho intramolecular Hbond substituents is 1. The lowest BCUT2D eigenvalue weighted by atomic mass is 9.92. The van der Waals surface area contributed by atoms with Crippen molar-refractivity contribution in [1.82, 2.24) is 0 Å². The lowest BCUT2D eigenvalue weighted by molar-refractivity contribution is -0.112. The number of carbonyl (C=O) groups is 1. The molecule has 0 aliphatic carbocycles. The maximum absolute atomic E-state index is 10.3. The molecular weight excluding hydrogens is 168 g/mol. The Hall–Kier alpha value is -1.35. The number of aldehydes is 1. The third kappa shape index (κ3) is 2.06. The Kier molecular flexibility index (Phi) is 2.68. The minimum Gasteiger partial charge on any atom is -0.508 e. The molecule has 0 bridgehead atoms. The van der Waals surface area contributed by atoms with Gasteiger partial charge in [-0.2, -0.15) is 0 Å². The van der Waals surface area contributed by atoms with Crippen LogP contribution in [0.1, 0.15) is 18.9 Å². The summed E-state index contributed by atoms with van der Waals surface area (Å²) in [6.45, 7) is 1.50. The molecule has 1 rings (SSSR count). The van der Waals surface area contributed by atoms with Crippen molar-refractivity contribution < 1.29 is 15.0 Å². The van der Waals surface area contributed by atoms with Crippen LogP contribution in [-0.2, 0) is 10.4 Å². The van der Waals surface area contributed by atoms with E-state index in [0.717, 1.165) is 0 Å². The van der Waals surface area contributed by atoms with Gasteiger partial charge < -0.3 is 15.0 Å². The lowest BCUT2D eigenvalue weighted by Crippen LogP contribution is -2.21. The predicted molar refractivity (Wildman–Crippen MR) is 48.4 cm³/mol. The second-order valence-corrected chi connectivity index (χ2v) is 3.16. The number of para-hydroxylation sites is 1. The van der Waals surface area contributed by atoms with E-state index in [9.17, 15) is 15.0 Å². The smallest absolute Gasteiger partial charge is 0.123 e. The highest BCUT2D eigenvalue weighted by Gasteiger charge is 2.25. The Balaban J connectivity index is 3.06. The van der Waals surface area contributed by atoms with Crippen LogP contribution in [0.3, 0.4) is 0 Å². The van der Waals surface area contributed by atoms with Crippen molar-refractivity contribution in [3.8, 4) is 5.75 Å². The number of hydrogen-bond acceptors (Lipinski definition) is 3. The van der Waals surface area contributed by atoms with Gasteiger partial charge in [0.2, 0.25) is 0 Å². The number of aromatic hydroxyl groups is 1. The predicted octanol–water partition coefficient (Wildman–Crippen LogP) is 1.19. The molecule has 0 saturated carbocycles. The van der Waals surface area contributed by atoms with E-state index in [4.69, 9.17) is 0 Å². The molecule has 1 aromatic rings. The molecule has 70 valence electrons. The standard InChI is InChI=1S/C10H12O3/c1-10(13,6-7-11)8-4-2-3-5-9(8)12/h2-5,7,12-13H,6H2,1H3. The van der Waals surface area contributed by atoms with E-state index < -0.39 is 5.60 Å². The summed E-state index contributed by atoms with van der Waals surface area (Å²) in [6.07, 6.45) is 0.608. The van der Waals surface area contributed by atoms with Crippen LogP contribution in [0.4, 0.5) is 0 Å².